The van der Waals surface area contributed by atoms with E-state index in [1.165, 1.54) is 7.11 Å². The Hall–Kier alpha value is -1.82. The number of hydrogen-bond acceptors (Lipinski definition) is 5. The molecule has 0 atom stereocenters. The minimum absolute atomic E-state index is 0.151. The lowest BCUT2D eigenvalue weighted by molar-refractivity contribution is -0.116. The molecule has 0 aliphatic heterocycles. The Morgan fingerprint density at radius 2 is 2.29 bits per heavy atom. The number of nitrogens with one attached hydrogen (secondary N) is 1. The Morgan fingerprint density at radius 3 is 2.82 bits per heavy atom. The zero-order chi connectivity index (χ0) is 12.8. The first kappa shape index (κ1) is 13.2. The first-order valence-corrected chi connectivity index (χ1v) is 5.30. The molecule has 1 aromatic rings. The van der Waals surface area contributed by atoms with Crippen LogP contribution in [0.4, 0.5) is 11.4 Å². The number of nitrogens with two attached hydrogens (primary N) is 1. The topological polar surface area (TPSA) is 80.5 Å². The predicted octanol–water partition coefficient (Wildman–Crippen LogP) is 0.443. The summed E-state index contributed by atoms with van der Waals surface area (Å²) in [6, 6.07) is 1.81. The number of pyridine rings is 1. The Morgan fingerprint density at radius 1 is 1.59 bits per heavy atom. The summed E-state index contributed by atoms with van der Waals surface area (Å²) in [6.07, 6.45) is 1.90. The fraction of sp³-hybridized carbons (Fsp3) is 0.455. The van der Waals surface area contributed by atoms with Gasteiger partial charge in [-0.15, -0.1) is 0 Å². The molecule has 1 aromatic heterocycles. The average molecular weight is 238 g/mol. The Kier molecular flexibility index (Phi) is 4.71. The van der Waals surface area contributed by atoms with Crippen molar-refractivity contribution >= 4 is 17.3 Å². The molecule has 0 fully saturated rings. The lowest BCUT2D eigenvalue weighted by atomic mass is 10.3. The van der Waals surface area contributed by atoms with Crippen LogP contribution in [0.15, 0.2) is 12.3 Å². The zero-order valence-corrected chi connectivity index (χ0v) is 10.4. The molecule has 0 aliphatic carbocycles. The van der Waals surface area contributed by atoms with Gasteiger partial charge in [0.2, 0.25) is 11.8 Å². The average Bonchev–Trinajstić information content (AvgIpc) is 2.29. The van der Waals surface area contributed by atoms with Crippen molar-refractivity contribution in [2.24, 2.45) is 5.73 Å². The molecule has 0 aromatic carbocycles. The molecule has 0 saturated heterocycles. The highest BCUT2D eigenvalue weighted by Gasteiger charge is 2.14. The summed E-state index contributed by atoms with van der Waals surface area (Å²) in [7, 11) is 5.28. The van der Waals surface area contributed by atoms with Crippen molar-refractivity contribution in [3.05, 3.63) is 12.3 Å². The minimum Gasteiger partial charge on any atom is -0.479 e. The van der Waals surface area contributed by atoms with Gasteiger partial charge in [0.05, 0.1) is 12.8 Å². The van der Waals surface area contributed by atoms with Gasteiger partial charge in [-0.05, 0) is 6.07 Å². The summed E-state index contributed by atoms with van der Waals surface area (Å²) in [5.41, 5.74) is 6.74. The molecule has 0 spiro atoms. The number of rotatable bonds is 5. The second-order valence-corrected chi connectivity index (χ2v) is 3.70. The van der Waals surface area contributed by atoms with Gasteiger partial charge < -0.3 is 20.7 Å². The van der Waals surface area contributed by atoms with Crippen molar-refractivity contribution in [3.8, 4) is 5.88 Å². The summed E-state index contributed by atoms with van der Waals surface area (Å²) >= 11 is 0. The summed E-state index contributed by atoms with van der Waals surface area (Å²) < 4.78 is 5.13. The van der Waals surface area contributed by atoms with E-state index < -0.39 is 0 Å². The van der Waals surface area contributed by atoms with Crippen molar-refractivity contribution in [1.82, 2.24) is 4.98 Å². The van der Waals surface area contributed by atoms with E-state index in [9.17, 15) is 4.79 Å². The molecule has 94 valence electrons. The smallest absolute Gasteiger partial charge is 0.239 e. The number of carbonyl (C=O) groups excluding carboxylic acids is 1. The van der Waals surface area contributed by atoms with Crippen LogP contribution in [0.3, 0.4) is 0 Å². The van der Waals surface area contributed by atoms with E-state index in [2.05, 4.69) is 10.3 Å². The molecule has 6 nitrogen and oxygen atoms in total. The van der Waals surface area contributed by atoms with Crippen LogP contribution in [-0.4, -0.2) is 38.6 Å². The van der Waals surface area contributed by atoms with Crippen molar-refractivity contribution in [3.63, 3.8) is 0 Å². The van der Waals surface area contributed by atoms with Gasteiger partial charge >= 0.3 is 0 Å². The fourth-order valence-electron chi connectivity index (χ4n) is 1.41. The van der Waals surface area contributed by atoms with Crippen LogP contribution < -0.4 is 20.7 Å². The van der Waals surface area contributed by atoms with Gasteiger partial charge in [-0.1, -0.05) is 0 Å². The van der Waals surface area contributed by atoms with Crippen LogP contribution in [0.25, 0.3) is 0 Å². The third-order valence-corrected chi connectivity index (χ3v) is 2.21. The summed E-state index contributed by atoms with van der Waals surface area (Å²) in [5.74, 6) is 0.239. The number of ether oxygens (including phenoxy) is 1. The fourth-order valence-corrected chi connectivity index (χ4v) is 1.41. The van der Waals surface area contributed by atoms with Gasteiger partial charge in [-0.2, -0.15) is 0 Å². The van der Waals surface area contributed by atoms with Crippen molar-refractivity contribution in [1.29, 1.82) is 0 Å². The van der Waals surface area contributed by atoms with Crippen molar-refractivity contribution in [2.75, 3.05) is 38.0 Å². The molecule has 0 saturated carbocycles. The Labute approximate surface area is 101 Å². The van der Waals surface area contributed by atoms with Gasteiger partial charge in [0, 0.05) is 33.3 Å². The Balaban J connectivity index is 3.04. The number of nitrogens with zero attached hydrogens (tertiary/aromatic N) is 2. The number of amides is 1. The third-order valence-electron chi connectivity index (χ3n) is 2.21. The van der Waals surface area contributed by atoms with Crippen LogP contribution >= 0.6 is 0 Å². The first-order chi connectivity index (χ1) is 8.10. The van der Waals surface area contributed by atoms with E-state index in [1.54, 1.807) is 12.3 Å². The van der Waals surface area contributed by atoms with Crippen molar-refractivity contribution in [2.45, 2.75) is 6.42 Å². The van der Waals surface area contributed by atoms with E-state index in [0.717, 1.165) is 5.69 Å². The van der Waals surface area contributed by atoms with Gasteiger partial charge in [0.1, 0.15) is 5.69 Å². The third kappa shape index (κ3) is 3.32. The normalized spacial score (nSPS) is 9.88. The highest BCUT2D eigenvalue weighted by Crippen LogP contribution is 2.31. The van der Waals surface area contributed by atoms with Crippen LogP contribution in [0.2, 0.25) is 0 Å². The maximum atomic E-state index is 11.6. The SMILES string of the molecule is COc1nccc(N(C)C)c1NC(=O)CCN. The zero-order valence-electron chi connectivity index (χ0n) is 10.4. The van der Waals surface area contributed by atoms with E-state index in [4.69, 9.17) is 10.5 Å². The standard InChI is InChI=1S/C11H18N4O2/c1-15(2)8-5-7-13-11(17-3)10(8)14-9(16)4-6-12/h5,7H,4,6,12H2,1-3H3,(H,14,16). The largest absolute Gasteiger partial charge is 0.479 e. The quantitative estimate of drug-likeness (QED) is 0.778. The molecule has 1 heterocycles. The van der Waals surface area contributed by atoms with Crippen LogP contribution in [-0.2, 0) is 4.79 Å². The number of anilines is 2. The predicted molar refractivity (Wildman–Crippen MR) is 67.4 cm³/mol. The van der Waals surface area contributed by atoms with Crippen LogP contribution in [0.5, 0.6) is 5.88 Å². The molecular formula is C11H18N4O2. The van der Waals surface area contributed by atoms with Gasteiger partial charge in [0.25, 0.3) is 0 Å². The van der Waals surface area contributed by atoms with Gasteiger partial charge in [0.15, 0.2) is 0 Å². The van der Waals surface area contributed by atoms with E-state index in [0.29, 0.717) is 18.1 Å². The minimum atomic E-state index is -0.151. The molecule has 0 radical (unpaired) electrons. The lowest BCUT2D eigenvalue weighted by Gasteiger charge is -2.19. The highest BCUT2D eigenvalue weighted by molar-refractivity contribution is 5.96. The van der Waals surface area contributed by atoms with E-state index >= 15 is 0 Å². The molecule has 6 heteroatoms. The van der Waals surface area contributed by atoms with Gasteiger partial charge in [-0.25, -0.2) is 4.98 Å². The van der Waals surface area contributed by atoms with Crippen molar-refractivity contribution < 1.29 is 9.53 Å². The maximum Gasteiger partial charge on any atom is 0.239 e. The summed E-state index contributed by atoms with van der Waals surface area (Å²) in [5, 5.41) is 2.76. The number of methoxy groups -OCH3 is 1. The molecule has 1 amide bonds. The second-order valence-electron chi connectivity index (χ2n) is 3.70. The van der Waals surface area contributed by atoms with Crippen LogP contribution in [0, 0.1) is 0 Å². The van der Waals surface area contributed by atoms with Crippen LogP contribution in [0.1, 0.15) is 6.42 Å². The summed E-state index contributed by atoms with van der Waals surface area (Å²) in [4.78, 5) is 17.5. The molecule has 3 N–H and O–H groups in total. The van der Waals surface area contributed by atoms with E-state index in [1.807, 2.05) is 19.0 Å². The monoisotopic (exact) mass is 238 g/mol. The molecule has 17 heavy (non-hydrogen) atoms. The molecular weight excluding hydrogens is 220 g/mol. The Bertz CT molecular complexity index is 393. The lowest BCUT2D eigenvalue weighted by Crippen LogP contribution is -2.20. The second kappa shape index (κ2) is 6.05. The summed E-state index contributed by atoms with van der Waals surface area (Å²) in [6.45, 7) is 0.311. The molecule has 0 unspecified atom stereocenters. The number of carbonyl (C=O) groups is 1. The number of hydrogen-bond donors (Lipinski definition) is 2. The molecule has 1 rings (SSSR count). The van der Waals surface area contributed by atoms with Gasteiger partial charge in [-0.3, -0.25) is 4.79 Å². The molecule has 0 aliphatic rings. The molecule has 0 bridgehead atoms. The first-order valence-electron chi connectivity index (χ1n) is 5.30. The van der Waals surface area contributed by atoms with E-state index in [-0.39, 0.29) is 12.3 Å². The maximum absolute atomic E-state index is 11.6. The highest BCUT2D eigenvalue weighted by atomic mass is 16.5. The number of aromatic nitrogens is 1.